The fourth-order valence-corrected chi connectivity index (χ4v) is 7.98. The number of hydrogen-bond acceptors (Lipinski definition) is 14. The maximum Gasteiger partial charge on any atom is 0.356 e. The van der Waals surface area contributed by atoms with Crippen LogP contribution >= 0.6 is 0 Å². The summed E-state index contributed by atoms with van der Waals surface area (Å²) in [5, 5.41) is 2.93. The third-order valence-corrected chi connectivity index (χ3v) is 11.6. The van der Waals surface area contributed by atoms with Gasteiger partial charge < -0.3 is 38.6 Å². The van der Waals surface area contributed by atoms with Crippen molar-refractivity contribution >= 4 is 29.4 Å². The predicted octanol–water partition coefficient (Wildman–Crippen LogP) is 5.09. The van der Waals surface area contributed by atoms with E-state index in [0.717, 1.165) is 33.6 Å². The molecule has 2 amide bonds. The van der Waals surface area contributed by atoms with E-state index in [1.165, 1.54) is 14.2 Å². The second kappa shape index (κ2) is 26.1. The van der Waals surface area contributed by atoms with Crippen LogP contribution in [0.2, 0.25) is 0 Å². The number of hydrogen-bond donors (Lipinski definition) is 1. The summed E-state index contributed by atoms with van der Waals surface area (Å²) < 4.78 is 34.0. The second-order valence-electron chi connectivity index (χ2n) is 16.1. The van der Waals surface area contributed by atoms with Crippen LogP contribution in [0.1, 0.15) is 77.4 Å². The number of esters is 2. The van der Waals surface area contributed by atoms with Crippen molar-refractivity contribution < 1.29 is 47.6 Å². The first-order chi connectivity index (χ1) is 33.8. The van der Waals surface area contributed by atoms with Crippen molar-refractivity contribution in [3.63, 3.8) is 0 Å². The van der Waals surface area contributed by atoms with Crippen LogP contribution in [0.4, 0.5) is 5.69 Å². The van der Waals surface area contributed by atoms with Gasteiger partial charge in [0.25, 0.3) is 5.91 Å². The Morgan fingerprint density at radius 1 is 0.638 bits per heavy atom. The summed E-state index contributed by atoms with van der Waals surface area (Å²) in [6.45, 7) is 6.24. The summed E-state index contributed by atoms with van der Waals surface area (Å²) in [5.41, 5.74) is 6.31. The van der Waals surface area contributed by atoms with Crippen LogP contribution in [0.5, 0.6) is 0 Å². The van der Waals surface area contributed by atoms with Crippen LogP contribution in [0.3, 0.4) is 0 Å². The smallest absolute Gasteiger partial charge is 0.356 e. The highest BCUT2D eigenvalue weighted by Gasteiger charge is 2.26. The average Bonchev–Trinajstić information content (AvgIpc) is 3.37. The lowest BCUT2D eigenvalue weighted by atomic mass is 9.99. The molecule has 2 aromatic heterocycles. The maximum absolute atomic E-state index is 13.8. The molecule has 69 heavy (non-hydrogen) atoms. The number of aromatic nitrogens is 2. The van der Waals surface area contributed by atoms with Crippen LogP contribution in [0.15, 0.2) is 109 Å². The molecule has 2 aliphatic heterocycles. The molecule has 1 unspecified atom stereocenters. The van der Waals surface area contributed by atoms with Crippen molar-refractivity contribution in [3.8, 4) is 11.8 Å². The van der Waals surface area contributed by atoms with E-state index in [9.17, 15) is 19.2 Å². The molecule has 7 rings (SSSR count). The molecule has 0 spiro atoms. The van der Waals surface area contributed by atoms with E-state index in [4.69, 9.17) is 33.4 Å². The number of ether oxygens (including phenoxy) is 6. The highest BCUT2D eigenvalue weighted by Crippen LogP contribution is 2.29. The lowest BCUT2D eigenvalue weighted by Crippen LogP contribution is -2.37. The molecule has 16 heteroatoms. The molecule has 2 aliphatic rings. The Hall–Kier alpha value is -6.84. The second-order valence-corrected chi connectivity index (χ2v) is 16.1. The highest BCUT2D eigenvalue weighted by atomic mass is 16.5. The van der Waals surface area contributed by atoms with E-state index in [2.05, 4.69) is 31.9 Å². The number of benzene rings is 3. The zero-order valence-electron chi connectivity index (χ0n) is 39.1. The number of amides is 2. The minimum atomic E-state index is -0.561. The first-order valence-electron chi connectivity index (χ1n) is 23.1. The monoisotopic (exact) mass is 938 g/mol. The molecule has 1 atom stereocenters. The molecule has 3 aromatic carbocycles. The van der Waals surface area contributed by atoms with E-state index < -0.39 is 18.0 Å². The first kappa shape index (κ1) is 50.0. The molecule has 16 nitrogen and oxygen atoms in total. The minimum Gasteiger partial charge on any atom is -0.464 e. The van der Waals surface area contributed by atoms with Crippen LogP contribution < -0.4 is 10.2 Å². The van der Waals surface area contributed by atoms with Gasteiger partial charge >= 0.3 is 11.9 Å². The van der Waals surface area contributed by atoms with Crippen LogP contribution in [0, 0.1) is 11.8 Å². The number of anilines is 1. The van der Waals surface area contributed by atoms with Crippen molar-refractivity contribution in [2.45, 2.75) is 25.6 Å². The molecule has 0 bridgehead atoms. The summed E-state index contributed by atoms with van der Waals surface area (Å²) in [6.07, 6.45) is 0.0855. The Morgan fingerprint density at radius 3 is 1.88 bits per heavy atom. The molecule has 5 aromatic rings. The fourth-order valence-electron chi connectivity index (χ4n) is 7.98. The van der Waals surface area contributed by atoms with E-state index >= 15 is 0 Å². The SMILES string of the molecule is COC(=O)c1cccc(CN2CCOCCOCCN(C(c3ccc(C(=O)NCCC(=O)N4Cc5ccccc5C#Cc5ccccc54)cc3)c3cccc(C(=O)OC)n3)CCOCCOCC2)n1. The van der Waals surface area contributed by atoms with Crippen LogP contribution in [-0.4, -0.2) is 143 Å². The van der Waals surface area contributed by atoms with Gasteiger partial charge in [-0.15, -0.1) is 0 Å². The molecular formula is C53H58N6O10. The van der Waals surface area contributed by atoms with Gasteiger partial charge in [-0.2, -0.15) is 0 Å². The number of pyridine rings is 2. The molecule has 0 saturated carbocycles. The highest BCUT2D eigenvalue weighted by molar-refractivity contribution is 5.97. The maximum atomic E-state index is 13.8. The van der Waals surface area contributed by atoms with Gasteiger partial charge in [0.2, 0.25) is 5.91 Å². The zero-order valence-corrected chi connectivity index (χ0v) is 39.1. The Kier molecular flexibility index (Phi) is 18.9. The van der Waals surface area contributed by atoms with Gasteiger partial charge in [-0.05, 0) is 65.7 Å². The Bertz CT molecular complexity index is 2560. The van der Waals surface area contributed by atoms with Crippen molar-refractivity contribution in [2.75, 3.05) is 105 Å². The number of fused-ring (bicyclic) bond motifs is 2. The molecular weight excluding hydrogens is 881 g/mol. The quantitative estimate of drug-likeness (QED) is 0.137. The van der Waals surface area contributed by atoms with Gasteiger partial charge in [0.1, 0.15) is 11.4 Å². The Balaban J connectivity index is 0.995. The van der Waals surface area contributed by atoms with E-state index in [0.29, 0.717) is 103 Å². The third kappa shape index (κ3) is 14.3. The molecule has 1 N–H and O–H groups in total. The topological polar surface area (TPSA) is 171 Å². The van der Waals surface area contributed by atoms with Gasteiger partial charge in [0.15, 0.2) is 0 Å². The Morgan fingerprint density at radius 2 is 1.22 bits per heavy atom. The molecule has 0 radical (unpaired) electrons. The number of nitrogens with one attached hydrogen (secondary N) is 1. The Labute approximate surface area is 402 Å². The standard InChI is InChI=1S/C53H58N6O10/c1-64-52(62)46-14-7-12-44(55-46)38-57-25-29-66-33-35-68-31-27-58(28-32-69-36-34-67-30-26-57)50(45-13-8-15-47(56-45)53(63)65-2)41-19-21-42(22-20-41)51(61)54-24-23-49(60)59-37-43-11-4-3-9-39(43)17-18-40-10-5-6-16-48(40)59/h3-16,19-22,50H,23-38H2,1-2H3,(H,54,61). The van der Waals surface area contributed by atoms with Crippen LogP contribution in [-0.2, 0) is 46.3 Å². The number of para-hydroxylation sites is 1. The number of rotatable bonds is 11. The lowest BCUT2D eigenvalue weighted by Gasteiger charge is -2.32. The average molecular weight is 939 g/mol. The number of methoxy groups -OCH3 is 2. The summed E-state index contributed by atoms with van der Waals surface area (Å²) in [4.78, 5) is 67.3. The van der Waals surface area contributed by atoms with E-state index in [-0.39, 0.29) is 36.2 Å². The lowest BCUT2D eigenvalue weighted by molar-refractivity contribution is -0.118. The normalized spacial score (nSPS) is 16.1. The summed E-state index contributed by atoms with van der Waals surface area (Å²) in [7, 11) is 2.65. The van der Waals surface area contributed by atoms with Crippen molar-refractivity contribution in [2.24, 2.45) is 0 Å². The van der Waals surface area contributed by atoms with Gasteiger partial charge in [-0.1, -0.05) is 66.4 Å². The predicted molar refractivity (Wildman–Crippen MR) is 257 cm³/mol. The third-order valence-electron chi connectivity index (χ3n) is 11.6. The minimum absolute atomic E-state index is 0.0855. The largest absolute Gasteiger partial charge is 0.464 e. The van der Waals surface area contributed by atoms with Crippen molar-refractivity contribution in [1.29, 1.82) is 0 Å². The molecule has 0 aliphatic carbocycles. The molecule has 4 heterocycles. The van der Waals surface area contributed by atoms with Gasteiger partial charge in [-0.25, -0.2) is 19.6 Å². The summed E-state index contributed by atoms with van der Waals surface area (Å²) in [5.74, 6) is 4.96. The first-order valence-corrected chi connectivity index (χ1v) is 23.1. The molecule has 1 fully saturated rings. The number of carbonyl (C=O) groups is 4. The van der Waals surface area contributed by atoms with Gasteiger partial charge in [0, 0.05) is 62.4 Å². The molecule has 1 saturated heterocycles. The number of nitrogens with zero attached hydrogens (tertiary/aromatic N) is 5. The summed E-state index contributed by atoms with van der Waals surface area (Å²) in [6, 6.07) is 32.7. The molecule has 360 valence electrons. The van der Waals surface area contributed by atoms with Crippen molar-refractivity contribution in [3.05, 3.63) is 160 Å². The van der Waals surface area contributed by atoms with E-state index in [1.807, 2.05) is 72.8 Å². The fraction of sp³-hybridized carbons (Fsp3) is 0.358. The number of carbonyl (C=O) groups excluding carboxylic acids is 4. The summed E-state index contributed by atoms with van der Waals surface area (Å²) >= 11 is 0. The van der Waals surface area contributed by atoms with Gasteiger partial charge in [-0.3, -0.25) is 19.4 Å². The van der Waals surface area contributed by atoms with Crippen molar-refractivity contribution in [1.82, 2.24) is 25.1 Å². The zero-order chi connectivity index (χ0) is 48.2. The van der Waals surface area contributed by atoms with Gasteiger partial charge in [0.05, 0.1) is 96.7 Å². The van der Waals surface area contributed by atoms with Crippen LogP contribution in [0.25, 0.3) is 0 Å². The van der Waals surface area contributed by atoms with E-state index in [1.54, 1.807) is 41.3 Å².